The first-order chi connectivity index (χ1) is 17.1. The Kier molecular flexibility index (Phi) is 5.37. The highest BCUT2D eigenvalue weighted by molar-refractivity contribution is 5.87. The Labute approximate surface area is 203 Å². The van der Waals surface area contributed by atoms with E-state index in [0.717, 1.165) is 71.8 Å². The van der Waals surface area contributed by atoms with Gasteiger partial charge >= 0.3 is 0 Å². The van der Waals surface area contributed by atoms with Crippen molar-refractivity contribution >= 4 is 23.1 Å². The van der Waals surface area contributed by atoms with E-state index >= 15 is 0 Å². The molecule has 1 N–H and O–H groups in total. The van der Waals surface area contributed by atoms with Crippen LogP contribution in [-0.2, 0) is 16.1 Å². The van der Waals surface area contributed by atoms with E-state index in [0.29, 0.717) is 19.7 Å². The van der Waals surface area contributed by atoms with Crippen molar-refractivity contribution in [1.82, 2.24) is 24.6 Å². The Morgan fingerprint density at radius 1 is 1.29 bits per heavy atom. The molecular weight excluding hydrogens is 446 g/mol. The van der Waals surface area contributed by atoms with Crippen molar-refractivity contribution in [3.05, 3.63) is 54.6 Å². The number of nitrogens with zero attached hydrogens (tertiary/aromatic N) is 6. The maximum absolute atomic E-state index is 11.7. The molecule has 3 aliphatic heterocycles. The topological polar surface area (TPSA) is 97.6 Å². The number of anilines is 3. The molecule has 0 bridgehead atoms. The highest BCUT2D eigenvalue weighted by atomic mass is 16.5. The van der Waals surface area contributed by atoms with Crippen LogP contribution in [0.25, 0.3) is 11.3 Å². The van der Waals surface area contributed by atoms with E-state index in [4.69, 9.17) is 14.5 Å². The molecular formula is C25H27N7O3. The van der Waals surface area contributed by atoms with E-state index in [1.54, 1.807) is 4.90 Å². The van der Waals surface area contributed by atoms with Crippen molar-refractivity contribution in [3.8, 4) is 17.0 Å². The molecule has 10 nitrogen and oxygen atoms in total. The van der Waals surface area contributed by atoms with Crippen LogP contribution in [0.15, 0.2) is 43.4 Å². The van der Waals surface area contributed by atoms with Crippen LogP contribution in [0.5, 0.6) is 5.75 Å². The van der Waals surface area contributed by atoms with E-state index < -0.39 is 0 Å². The van der Waals surface area contributed by atoms with Gasteiger partial charge in [-0.15, -0.1) is 0 Å². The summed E-state index contributed by atoms with van der Waals surface area (Å²) in [6.45, 7) is 10.3. The number of likely N-dealkylation sites (tertiary alicyclic amines) is 1. The summed E-state index contributed by atoms with van der Waals surface area (Å²) in [5.41, 5.74) is 5.49. The second-order valence-corrected chi connectivity index (χ2v) is 8.95. The van der Waals surface area contributed by atoms with Gasteiger partial charge in [-0.05, 0) is 25.1 Å². The molecule has 6 heterocycles. The molecule has 2 saturated heterocycles. The van der Waals surface area contributed by atoms with Crippen molar-refractivity contribution < 1.29 is 14.3 Å². The predicted octanol–water partition coefficient (Wildman–Crippen LogP) is 2.69. The Balaban J connectivity index is 1.27. The predicted molar refractivity (Wildman–Crippen MR) is 131 cm³/mol. The first-order valence-electron chi connectivity index (χ1n) is 11.8. The number of ether oxygens (including phenoxy) is 2. The van der Waals surface area contributed by atoms with Crippen molar-refractivity contribution in [2.45, 2.75) is 19.6 Å². The van der Waals surface area contributed by atoms with Gasteiger partial charge in [0.05, 0.1) is 48.1 Å². The Morgan fingerprint density at radius 3 is 2.91 bits per heavy atom. The molecule has 10 heteroatoms. The number of carbonyl (C=O) groups is 1. The lowest BCUT2D eigenvalue weighted by Crippen LogP contribution is -2.50. The molecule has 2 fully saturated rings. The molecule has 180 valence electrons. The van der Waals surface area contributed by atoms with Crippen LogP contribution in [0.1, 0.15) is 17.3 Å². The van der Waals surface area contributed by atoms with Gasteiger partial charge in [0.2, 0.25) is 5.91 Å². The largest absolute Gasteiger partial charge is 0.485 e. The summed E-state index contributed by atoms with van der Waals surface area (Å²) < 4.78 is 13.7. The van der Waals surface area contributed by atoms with Crippen LogP contribution in [0.2, 0.25) is 0 Å². The molecule has 0 saturated carbocycles. The Hall–Kier alpha value is -3.92. The fraction of sp³-hybridized carbons (Fsp3) is 0.360. The number of carbonyl (C=O) groups excluding carboxylic acids is 1. The lowest BCUT2D eigenvalue weighted by atomic mass is 10.1. The van der Waals surface area contributed by atoms with Crippen molar-refractivity contribution in [3.63, 3.8) is 0 Å². The first kappa shape index (κ1) is 21.6. The van der Waals surface area contributed by atoms with E-state index in [9.17, 15) is 4.79 Å². The normalized spacial score (nSPS) is 17.4. The minimum atomic E-state index is -0.0478. The number of nitrogens with one attached hydrogen (secondary N) is 1. The number of morpholine rings is 1. The van der Waals surface area contributed by atoms with Crippen molar-refractivity contribution in [2.75, 3.05) is 49.6 Å². The summed E-state index contributed by atoms with van der Waals surface area (Å²) in [7, 11) is 0. The van der Waals surface area contributed by atoms with Gasteiger partial charge in [-0.3, -0.25) is 9.48 Å². The second kappa shape index (κ2) is 8.70. The third-order valence-electron chi connectivity index (χ3n) is 6.76. The standard InChI is InChI=1S/C25H27N7O3/c1-3-23(33)31-13-18(14-31)32-12-17(11-27-32)20-10-21-24(16(2)28-20)35-15-19-22(4-5-26-25(19)29-21)30-6-8-34-9-7-30/h3-5,10-12,18H,1,6-9,13-15H2,2H3,(H,26,29). The van der Waals surface area contributed by atoms with Crippen LogP contribution in [0.4, 0.5) is 17.2 Å². The molecule has 0 unspecified atom stereocenters. The van der Waals surface area contributed by atoms with Crippen LogP contribution >= 0.6 is 0 Å². The summed E-state index contributed by atoms with van der Waals surface area (Å²) >= 11 is 0. The lowest BCUT2D eigenvalue weighted by Gasteiger charge is -2.38. The van der Waals surface area contributed by atoms with E-state index in [1.165, 1.54) is 6.08 Å². The molecule has 3 aromatic rings. The molecule has 0 spiro atoms. The van der Waals surface area contributed by atoms with Gasteiger partial charge in [0.1, 0.15) is 12.4 Å². The van der Waals surface area contributed by atoms with Gasteiger partial charge in [-0.2, -0.15) is 5.10 Å². The number of pyridine rings is 2. The molecule has 0 radical (unpaired) electrons. The zero-order valence-corrected chi connectivity index (χ0v) is 19.6. The summed E-state index contributed by atoms with van der Waals surface area (Å²) in [4.78, 5) is 25.2. The number of amides is 1. The van der Waals surface area contributed by atoms with E-state index in [2.05, 4.69) is 26.9 Å². The van der Waals surface area contributed by atoms with Crippen LogP contribution in [-0.4, -0.2) is 69.9 Å². The molecule has 0 atom stereocenters. The molecule has 0 aliphatic carbocycles. The third-order valence-corrected chi connectivity index (χ3v) is 6.76. The molecule has 3 aliphatic rings. The van der Waals surface area contributed by atoms with Gasteiger partial charge in [0.15, 0.2) is 5.75 Å². The van der Waals surface area contributed by atoms with E-state index in [1.807, 2.05) is 42.3 Å². The minimum absolute atomic E-state index is 0.0478. The summed E-state index contributed by atoms with van der Waals surface area (Å²) in [6, 6.07) is 4.18. The number of hydrogen-bond acceptors (Lipinski definition) is 8. The maximum atomic E-state index is 11.7. The second-order valence-electron chi connectivity index (χ2n) is 8.95. The SMILES string of the molecule is C=CC(=O)N1CC(n2cc(-c3cc4c(c(C)n3)OCc3c(N5CCOCC5)ccnc3N4)cn2)C1. The molecule has 6 rings (SSSR count). The number of aromatic nitrogens is 4. The molecule has 3 aromatic heterocycles. The number of fused-ring (bicyclic) bond motifs is 2. The van der Waals surface area contributed by atoms with Gasteiger partial charge in [-0.1, -0.05) is 6.58 Å². The smallest absolute Gasteiger partial charge is 0.246 e. The average Bonchev–Trinajstić information content (AvgIpc) is 3.24. The molecule has 1 amide bonds. The summed E-state index contributed by atoms with van der Waals surface area (Å²) in [6.07, 6.45) is 6.97. The van der Waals surface area contributed by atoms with Crippen LogP contribution < -0.4 is 15.0 Å². The van der Waals surface area contributed by atoms with Crippen LogP contribution in [0, 0.1) is 6.92 Å². The number of hydrogen-bond donors (Lipinski definition) is 1. The third kappa shape index (κ3) is 3.89. The highest BCUT2D eigenvalue weighted by Gasteiger charge is 2.31. The fourth-order valence-electron chi connectivity index (χ4n) is 4.79. The number of aryl methyl sites for hydroxylation is 1. The van der Waals surface area contributed by atoms with Crippen molar-refractivity contribution in [2.24, 2.45) is 0 Å². The summed E-state index contributed by atoms with van der Waals surface area (Å²) in [5.74, 6) is 1.47. The fourth-order valence-corrected chi connectivity index (χ4v) is 4.79. The minimum Gasteiger partial charge on any atom is -0.485 e. The van der Waals surface area contributed by atoms with Gasteiger partial charge < -0.3 is 24.6 Å². The van der Waals surface area contributed by atoms with Gasteiger partial charge in [-0.25, -0.2) is 9.97 Å². The van der Waals surface area contributed by atoms with Gasteiger partial charge in [0, 0.05) is 49.8 Å². The monoisotopic (exact) mass is 473 g/mol. The van der Waals surface area contributed by atoms with Crippen molar-refractivity contribution in [1.29, 1.82) is 0 Å². The lowest BCUT2D eigenvalue weighted by molar-refractivity contribution is -0.131. The molecule has 35 heavy (non-hydrogen) atoms. The maximum Gasteiger partial charge on any atom is 0.246 e. The Morgan fingerprint density at radius 2 is 2.11 bits per heavy atom. The molecule has 0 aromatic carbocycles. The average molecular weight is 474 g/mol. The Bertz CT molecular complexity index is 1290. The first-order valence-corrected chi connectivity index (χ1v) is 11.8. The summed E-state index contributed by atoms with van der Waals surface area (Å²) in [5, 5.41) is 8.02. The van der Waals surface area contributed by atoms with Gasteiger partial charge in [0.25, 0.3) is 0 Å². The zero-order valence-electron chi connectivity index (χ0n) is 19.6. The quantitative estimate of drug-likeness (QED) is 0.578. The van der Waals surface area contributed by atoms with E-state index in [-0.39, 0.29) is 11.9 Å². The number of rotatable bonds is 4. The highest BCUT2D eigenvalue weighted by Crippen LogP contribution is 2.40. The van der Waals surface area contributed by atoms with Crippen LogP contribution in [0.3, 0.4) is 0 Å². The zero-order chi connectivity index (χ0) is 23.9.